The second kappa shape index (κ2) is 9.11. The molecule has 3 heterocycles. The molecular formula is C24H27N7OS. The van der Waals surface area contributed by atoms with E-state index in [1.54, 1.807) is 28.8 Å². The molecule has 4 aromatic rings. The lowest BCUT2D eigenvalue weighted by molar-refractivity contribution is 0.0563. The lowest BCUT2D eigenvalue weighted by Crippen LogP contribution is -2.44. The monoisotopic (exact) mass is 461 g/mol. The van der Waals surface area contributed by atoms with E-state index in [0.29, 0.717) is 17.2 Å². The Hall–Kier alpha value is -3.59. The first-order chi connectivity index (χ1) is 15.7. The number of anilines is 2. The molecule has 0 bridgehead atoms. The lowest BCUT2D eigenvalue weighted by Gasteiger charge is -2.36. The molecule has 0 atom stereocenters. The highest BCUT2D eigenvalue weighted by Gasteiger charge is 2.28. The fourth-order valence-electron chi connectivity index (χ4n) is 3.51. The summed E-state index contributed by atoms with van der Waals surface area (Å²) in [6, 6.07) is 8.23. The highest BCUT2D eigenvalue weighted by molar-refractivity contribution is 7.11. The van der Waals surface area contributed by atoms with Crippen molar-refractivity contribution in [2.75, 3.05) is 5.32 Å². The quantitative estimate of drug-likeness (QED) is 0.443. The number of aromatic nitrogens is 5. The van der Waals surface area contributed by atoms with Crippen LogP contribution >= 0.6 is 11.3 Å². The van der Waals surface area contributed by atoms with Gasteiger partial charge in [0.25, 0.3) is 5.91 Å². The number of carbonyl (C=O) groups is 1. The van der Waals surface area contributed by atoms with Crippen LogP contribution in [0.15, 0.2) is 54.6 Å². The highest BCUT2D eigenvalue weighted by atomic mass is 32.1. The molecule has 9 heteroatoms. The second-order valence-corrected chi connectivity index (χ2v) is 9.81. The summed E-state index contributed by atoms with van der Waals surface area (Å²) in [7, 11) is 1.86. The van der Waals surface area contributed by atoms with E-state index in [1.807, 2.05) is 24.2 Å². The van der Waals surface area contributed by atoms with Gasteiger partial charge in [0.1, 0.15) is 4.88 Å². The van der Waals surface area contributed by atoms with E-state index in [2.05, 4.69) is 71.5 Å². The number of carbonyl (C=O) groups excluding carboxylic acids is 1. The molecule has 0 spiro atoms. The molecule has 4 rings (SSSR count). The Morgan fingerprint density at radius 2 is 1.97 bits per heavy atom. The molecule has 0 saturated carbocycles. The molecular weight excluding hydrogens is 434 g/mol. The van der Waals surface area contributed by atoms with Crippen LogP contribution in [0, 0.1) is 6.92 Å². The number of aryl methyl sites for hydroxylation is 2. The van der Waals surface area contributed by atoms with E-state index in [-0.39, 0.29) is 11.4 Å². The number of thiazole rings is 1. The van der Waals surface area contributed by atoms with Crippen molar-refractivity contribution in [2.24, 2.45) is 7.05 Å². The van der Waals surface area contributed by atoms with Crippen molar-refractivity contribution in [1.82, 2.24) is 29.9 Å². The van der Waals surface area contributed by atoms with Crippen molar-refractivity contribution in [3.63, 3.8) is 0 Å². The number of nitrogens with zero attached hydrogens (tertiary/aromatic N) is 6. The Labute approximate surface area is 197 Å². The zero-order valence-electron chi connectivity index (χ0n) is 19.4. The number of rotatable bonds is 6. The fourth-order valence-corrected chi connectivity index (χ4v) is 4.08. The molecule has 0 aliphatic heterocycles. The standard InChI is InChI=1S/C24H27N7OS/c1-16-8-17(19-9-22(29-26-10-19)28-20-11-27-30(5)14-20)6-7-18(16)13-31(24(2,3)4)23(32)21-12-25-15-33-21/h6-12,14-15H,13H2,1-5H3,(H,28,29). The van der Waals surface area contributed by atoms with E-state index in [1.165, 1.54) is 11.3 Å². The second-order valence-electron chi connectivity index (χ2n) is 8.93. The predicted molar refractivity (Wildman–Crippen MR) is 130 cm³/mol. The minimum Gasteiger partial charge on any atom is -0.336 e. The van der Waals surface area contributed by atoms with Gasteiger partial charge in [0.2, 0.25) is 0 Å². The molecule has 33 heavy (non-hydrogen) atoms. The topological polar surface area (TPSA) is 88.8 Å². The molecule has 1 amide bonds. The van der Waals surface area contributed by atoms with Crippen LogP contribution in [-0.4, -0.2) is 41.3 Å². The Balaban J connectivity index is 1.56. The fraction of sp³-hybridized carbons (Fsp3) is 0.292. The number of benzene rings is 1. The summed E-state index contributed by atoms with van der Waals surface area (Å²) in [4.78, 5) is 19.7. The smallest absolute Gasteiger partial charge is 0.266 e. The van der Waals surface area contributed by atoms with Gasteiger partial charge in [-0.25, -0.2) is 0 Å². The average molecular weight is 462 g/mol. The van der Waals surface area contributed by atoms with Crippen molar-refractivity contribution in [3.05, 3.63) is 70.6 Å². The van der Waals surface area contributed by atoms with Crippen LogP contribution in [-0.2, 0) is 13.6 Å². The van der Waals surface area contributed by atoms with Gasteiger partial charge in [0, 0.05) is 30.9 Å². The Bertz CT molecular complexity index is 1260. The zero-order chi connectivity index (χ0) is 23.6. The first-order valence-electron chi connectivity index (χ1n) is 10.6. The largest absolute Gasteiger partial charge is 0.336 e. The van der Waals surface area contributed by atoms with Crippen LogP contribution in [0.1, 0.15) is 41.6 Å². The van der Waals surface area contributed by atoms with Crippen molar-refractivity contribution >= 4 is 28.7 Å². The van der Waals surface area contributed by atoms with Gasteiger partial charge in [-0.15, -0.1) is 16.4 Å². The van der Waals surface area contributed by atoms with Gasteiger partial charge in [0.15, 0.2) is 5.82 Å². The molecule has 0 aliphatic carbocycles. The van der Waals surface area contributed by atoms with Crippen molar-refractivity contribution in [1.29, 1.82) is 0 Å². The summed E-state index contributed by atoms with van der Waals surface area (Å²) >= 11 is 1.37. The maximum atomic E-state index is 13.1. The van der Waals surface area contributed by atoms with E-state index in [0.717, 1.165) is 27.9 Å². The van der Waals surface area contributed by atoms with Crippen molar-refractivity contribution in [2.45, 2.75) is 39.8 Å². The van der Waals surface area contributed by atoms with Crippen LogP contribution in [0.5, 0.6) is 0 Å². The maximum absolute atomic E-state index is 13.1. The molecule has 1 N–H and O–H groups in total. The van der Waals surface area contributed by atoms with Crippen LogP contribution in [0.3, 0.4) is 0 Å². The van der Waals surface area contributed by atoms with Gasteiger partial charge in [-0.05, 0) is 50.5 Å². The van der Waals surface area contributed by atoms with Crippen molar-refractivity contribution < 1.29 is 4.79 Å². The molecule has 0 radical (unpaired) electrons. The van der Waals surface area contributed by atoms with E-state index >= 15 is 0 Å². The normalized spacial score (nSPS) is 11.4. The first kappa shape index (κ1) is 22.6. The van der Waals surface area contributed by atoms with Crippen LogP contribution in [0.25, 0.3) is 11.1 Å². The van der Waals surface area contributed by atoms with Crippen LogP contribution in [0.2, 0.25) is 0 Å². The van der Waals surface area contributed by atoms with Gasteiger partial charge < -0.3 is 10.2 Å². The molecule has 8 nitrogen and oxygen atoms in total. The molecule has 0 aliphatic rings. The summed E-state index contributed by atoms with van der Waals surface area (Å²) in [5.41, 5.74) is 6.42. The summed E-state index contributed by atoms with van der Waals surface area (Å²) in [5.74, 6) is 0.647. The third kappa shape index (κ3) is 5.25. The Kier molecular flexibility index (Phi) is 6.24. The molecule has 0 unspecified atom stereocenters. The Morgan fingerprint density at radius 1 is 1.15 bits per heavy atom. The third-order valence-electron chi connectivity index (χ3n) is 5.33. The number of hydrogen-bond donors (Lipinski definition) is 1. The summed E-state index contributed by atoms with van der Waals surface area (Å²) in [6.45, 7) is 8.74. The number of hydrogen-bond acceptors (Lipinski definition) is 7. The van der Waals surface area contributed by atoms with Gasteiger partial charge in [-0.2, -0.15) is 10.2 Å². The SMILES string of the molecule is Cc1cc(-c2cnnc(Nc3cnn(C)c3)c2)ccc1CN(C(=O)c1cncs1)C(C)(C)C. The van der Waals surface area contributed by atoms with Crippen molar-refractivity contribution in [3.8, 4) is 11.1 Å². The Morgan fingerprint density at radius 3 is 2.61 bits per heavy atom. The van der Waals surface area contributed by atoms with E-state index in [9.17, 15) is 4.79 Å². The highest BCUT2D eigenvalue weighted by Crippen LogP contribution is 2.27. The lowest BCUT2D eigenvalue weighted by atomic mass is 9.98. The minimum atomic E-state index is -0.325. The molecule has 1 aromatic carbocycles. The van der Waals surface area contributed by atoms with Crippen LogP contribution in [0.4, 0.5) is 11.5 Å². The molecule has 0 saturated heterocycles. The number of nitrogens with one attached hydrogen (secondary N) is 1. The average Bonchev–Trinajstić information content (AvgIpc) is 3.44. The van der Waals surface area contributed by atoms with Gasteiger partial charge in [-0.1, -0.05) is 18.2 Å². The van der Waals surface area contributed by atoms with E-state index < -0.39 is 0 Å². The third-order valence-corrected chi connectivity index (χ3v) is 6.10. The van der Waals surface area contributed by atoms with Gasteiger partial charge >= 0.3 is 0 Å². The summed E-state index contributed by atoms with van der Waals surface area (Å²) < 4.78 is 1.72. The van der Waals surface area contributed by atoms with E-state index in [4.69, 9.17) is 0 Å². The predicted octanol–water partition coefficient (Wildman–Crippen LogP) is 4.83. The summed E-state index contributed by atoms with van der Waals surface area (Å²) in [5, 5.41) is 15.7. The maximum Gasteiger partial charge on any atom is 0.266 e. The summed E-state index contributed by atoms with van der Waals surface area (Å²) in [6.07, 6.45) is 7.00. The van der Waals surface area contributed by atoms with Gasteiger partial charge in [0.05, 0.1) is 29.8 Å². The minimum absolute atomic E-state index is 0.00192. The number of amides is 1. The zero-order valence-corrected chi connectivity index (χ0v) is 20.2. The van der Waals surface area contributed by atoms with Gasteiger partial charge in [-0.3, -0.25) is 14.5 Å². The molecule has 0 fully saturated rings. The molecule has 170 valence electrons. The van der Waals surface area contributed by atoms with Crippen LogP contribution < -0.4 is 5.32 Å². The first-order valence-corrected chi connectivity index (χ1v) is 11.5. The molecule has 3 aromatic heterocycles.